The maximum atomic E-state index is 11.3. The summed E-state index contributed by atoms with van der Waals surface area (Å²) in [6, 6.07) is 4.15. The van der Waals surface area contributed by atoms with Gasteiger partial charge in [0.1, 0.15) is 11.3 Å². The van der Waals surface area contributed by atoms with E-state index >= 15 is 0 Å². The summed E-state index contributed by atoms with van der Waals surface area (Å²) in [4.78, 5) is 22.0. The van der Waals surface area contributed by atoms with E-state index in [0.29, 0.717) is 5.02 Å². The van der Waals surface area contributed by atoms with E-state index in [1.807, 2.05) is 0 Å². The van der Waals surface area contributed by atoms with Gasteiger partial charge in [-0.2, -0.15) is 0 Å². The van der Waals surface area contributed by atoms with Crippen LogP contribution in [0.5, 0.6) is 5.75 Å². The predicted octanol–water partition coefficient (Wildman–Crippen LogP) is 1.85. The molecule has 0 unspecified atom stereocenters. The van der Waals surface area contributed by atoms with Crippen molar-refractivity contribution in [3.05, 3.63) is 39.2 Å². The van der Waals surface area contributed by atoms with Gasteiger partial charge < -0.3 is 14.6 Å². The Balaban J connectivity index is 2.94. The average Bonchev–Trinajstić information content (AvgIpc) is 2.15. The number of carboxylic acids is 1. The zero-order valence-electron chi connectivity index (χ0n) is 7.73. The minimum absolute atomic E-state index is 0.0417. The van der Waals surface area contributed by atoms with Gasteiger partial charge in [0.15, 0.2) is 5.56 Å². The first-order valence-electron chi connectivity index (χ1n) is 4.19. The van der Waals surface area contributed by atoms with Gasteiger partial charge in [-0.15, -0.1) is 0 Å². The highest BCUT2D eigenvalue weighted by Crippen LogP contribution is 2.28. The Morgan fingerprint density at radius 3 is 2.69 bits per heavy atom. The van der Waals surface area contributed by atoms with Gasteiger partial charge in [-0.1, -0.05) is 11.6 Å². The van der Waals surface area contributed by atoms with E-state index in [0.717, 1.165) is 0 Å². The number of halogens is 1. The van der Waals surface area contributed by atoms with Gasteiger partial charge in [0, 0.05) is 11.1 Å². The fraction of sp³-hybridized carbons (Fsp3) is 0. The van der Waals surface area contributed by atoms with E-state index in [9.17, 15) is 14.7 Å². The van der Waals surface area contributed by atoms with Crippen molar-refractivity contribution >= 4 is 28.5 Å². The average molecular weight is 241 g/mol. The molecule has 2 N–H and O–H groups in total. The van der Waals surface area contributed by atoms with E-state index < -0.39 is 22.9 Å². The molecule has 0 saturated carbocycles. The second kappa shape index (κ2) is 3.53. The molecule has 82 valence electrons. The van der Waals surface area contributed by atoms with E-state index in [1.54, 1.807) is 0 Å². The minimum atomic E-state index is -1.54. The first-order chi connectivity index (χ1) is 7.50. The SMILES string of the molecule is O=C(O)c1c(O)c2ccc(Cl)cc2oc1=O. The lowest BCUT2D eigenvalue weighted by atomic mass is 10.1. The van der Waals surface area contributed by atoms with Gasteiger partial charge in [0.25, 0.3) is 0 Å². The van der Waals surface area contributed by atoms with E-state index in [4.69, 9.17) is 21.1 Å². The van der Waals surface area contributed by atoms with Gasteiger partial charge in [-0.25, -0.2) is 9.59 Å². The van der Waals surface area contributed by atoms with Gasteiger partial charge in [-0.3, -0.25) is 0 Å². The van der Waals surface area contributed by atoms with Crippen LogP contribution in [0, 0.1) is 0 Å². The number of rotatable bonds is 1. The van der Waals surface area contributed by atoms with Crippen LogP contribution >= 0.6 is 11.6 Å². The molecule has 1 aromatic heterocycles. The number of fused-ring (bicyclic) bond motifs is 1. The van der Waals surface area contributed by atoms with Crippen molar-refractivity contribution in [2.45, 2.75) is 0 Å². The fourth-order valence-corrected chi connectivity index (χ4v) is 1.51. The molecule has 2 rings (SSSR count). The number of carboxylic acid groups (broad SMARTS) is 1. The third kappa shape index (κ3) is 1.51. The van der Waals surface area contributed by atoms with Crippen LogP contribution in [-0.4, -0.2) is 16.2 Å². The molecule has 1 heterocycles. The molecule has 1 aromatic carbocycles. The standard InChI is InChI=1S/C10H5ClO5/c11-4-1-2-5-6(3-4)16-10(15)7(8(5)12)9(13)14/h1-3,12H,(H,13,14). The van der Waals surface area contributed by atoms with Crippen LogP contribution in [0.15, 0.2) is 27.4 Å². The van der Waals surface area contributed by atoms with Gasteiger partial charge in [0.2, 0.25) is 0 Å². The van der Waals surface area contributed by atoms with Gasteiger partial charge in [-0.05, 0) is 12.1 Å². The molecule has 6 heteroatoms. The van der Waals surface area contributed by atoms with Crippen molar-refractivity contribution in [2.24, 2.45) is 0 Å². The number of hydrogen-bond acceptors (Lipinski definition) is 4. The molecular weight excluding hydrogens is 236 g/mol. The molecule has 0 aliphatic heterocycles. The van der Waals surface area contributed by atoms with Crippen LogP contribution < -0.4 is 5.63 Å². The molecule has 0 saturated heterocycles. The monoisotopic (exact) mass is 240 g/mol. The van der Waals surface area contributed by atoms with E-state index in [-0.39, 0.29) is 11.0 Å². The molecule has 0 aliphatic carbocycles. The summed E-state index contributed by atoms with van der Waals surface area (Å²) in [6.07, 6.45) is 0. The van der Waals surface area contributed by atoms with Crippen molar-refractivity contribution in [2.75, 3.05) is 0 Å². The first kappa shape index (κ1) is 10.5. The van der Waals surface area contributed by atoms with Crippen LogP contribution in [0.4, 0.5) is 0 Å². The Labute approximate surface area is 93.5 Å². The van der Waals surface area contributed by atoms with Crippen LogP contribution in [0.25, 0.3) is 11.0 Å². The first-order valence-corrected chi connectivity index (χ1v) is 4.57. The van der Waals surface area contributed by atoms with Crippen LogP contribution in [0.2, 0.25) is 5.02 Å². The smallest absolute Gasteiger partial charge is 0.354 e. The molecule has 0 aliphatic rings. The number of benzene rings is 1. The molecule has 0 spiro atoms. The Bertz CT molecular complexity index is 643. The lowest BCUT2D eigenvalue weighted by molar-refractivity contribution is 0.0689. The van der Waals surface area contributed by atoms with Crippen molar-refractivity contribution in [3.63, 3.8) is 0 Å². The minimum Gasteiger partial charge on any atom is -0.506 e. The Morgan fingerprint density at radius 1 is 1.38 bits per heavy atom. The number of aromatic hydroxyl groups is 1. The summed E-state index contributed by atoms with van der Waals surface area (Å²) in [5.41, 5.74) is -1.85. The lowest BCUT2D eigenvalue weighted by Gasteiger charge is -2.02. The maximum Gasteiger partial charge on any atom is 0.354 e. The molecule has 2 aromatic rings. The zero-order valence-corrected chi connectivity index (χ0v) is 8.49. The summed E-state index contributed by atoms with van der Waals surface area (Å²) in [5.74, 6) is -2.15. The van der Waals surface area contributed by atoms with E-state index in [1.165, 1.54) is 18.2 Å². The van der Waals surface area contributed by atoms with Crippen molar-refractivity contribution in [1.29, 1.82) is 0 Å². The second-order valence-corrected chi connectivity index (χ2v) is 3.50. The molecule has 0 radical (unpaired) electrons. The number of carbonyl (C=O) groups is 1. The van der Waals surface area contributed by atoms with Gasteiger partial charge >= 0.3 is 11.6 Å². The van der Waals surface area contributed by atoms with Crippen LogP contribution in [0.3, 0.4) is 0 Å². The zero-order chi connectivity index (χ0) is 11.9. The molecule has 0 bridgehead atoms. The quantitative estimate of drug-likeness (QED) is 0.743. The lowest BCUT2D eigenvalue weighted by Crippen LogP contribution is -2.13. The summed E-state index contributed by atoms with van der Waals surface area (Å²) < 4.78 is 4.73. The van der Waals surface area contributed by atoms with Crippen molar-refractivity contribution in [3.8, 4) is 5.75 Å². The van der Waals surface area contributed by atoms with Gasteiger partial charge in [0.05, 0.1) is 5.39 Å². The number of aromatic carboxylic acids is 1. The maximum absolute atomic E-state index is 11.3. The molecule has 0 atom stereocenters. The molecule has 5 nitrogen and oxygen atoms in total. The van der Waals surface area contributed by atoms with Crippen LogP contribution in [-0.2, 0) is 0 Å². The fourth-order valence-electron chi connectivity index (χ4n) is 1.35. The number of hydrogen-bond donors (Lipinski definition) is 2. The largest absolute Gasteiger partial charge is 0.506 e. The highest BCUT2D eigenvalue weighted by molar-refractivity contribution is 6.31. The molecule has 16 heavy (non-hydrogen) atoms. The predicted molar refractivity (Wildman–Crippen MR) is 56.1 cm³/mol. The normalized spacial score (nSPS) is 10.6. The second-order valence-electron chi connectivity index (χ2n) is 3.06. The summed E-state index contributed by atoms with van der Waals surface area (Å²) in [7, 11) is 0. The topological polar surface area (TPSA) is 87.7 Å². The summed E-state index contributed by atoms with van der Waals surface area (Å²) in [6.45, 7) is 0. The highest BCUT2D eigenvalue weighted by Gasteiger charge is 2.19. The summed E-state index contributed by atoms with van der Waals surface area (Å²) in [5, 5.41) is 18.8. The van der Waals surface area contributed by atoms with Crippen molar-refractivity contribution < 1.29 is 19.4 Å². The van der Waals surface area contributed by atoms with Crippen LogP contribution in [0.1, 0.15) is 10.4 Å². The molecular formula is C10H5ClO5. The van der Waals surface area contributed by atoms with E-state index in [2.05, 4.69) is 0 Å². The Kier molecular flexibility index (Phi) is 2.32. The highest BCUT2D eigenvalue weighted by atomic mass is 35.5. The van der Waals surface area contributed by atoms with Crippen molar-refractivity contribution in [1.82, 2.24) is 0 Å². The molecule has 0 fully saturated rings. The Hall–Kier alpha value is -2.01. The molecule has 0 amide bonds. The Morgan fingerprint density at radius 2 is 2.06 bits per heavy atom. The summed E-state index contributed by atoms with van der Waals surface area (Å²) >= 11 is 5.67. The third-order valence-electron chi connectivity index (χ3n) is 2.06. The third-order valence-corrected chi connectivity index (χ3v) is 2.29.